The zero-order valence-corrected chi connectivity index (χ0v) is 12.5. The Morgan fingerprint density at radius 2 is 1.68 bits per heavy atom. The number of hydrogen-bond acceptors (Lipinski definition) is 5. The minimum Gasteiger partial charge on any atom is -0.464 e. The van der Waals surface area contributed by atoms with Crippen molar-refractivity contribution in [2.24, 2.45) is 0 Å². The van der Waals surface area contributed by atoms with Gasteiger partial charge < -0.3 is 9.47 Å². The lowest BCUT2D eigenvalue weighted by atomic mass is 10.2. The number of nitrogens with zero attached hydrogens (tertiary/aromatic N) is 3. The van der Waals surface area contributed by atoms with Gasteiger partial charge in [-0.25, -0.2) is 0 Å². The minimum absolute atomic E-state index is 0.0456. The summed E-state index contributed by atoms with van der Waals surface area (Å²) in [7, 11) is 0. The van der Waals surface area contributed by atoms with Crippen LogP contribution in [-0.2, 0) is 6.61 Å². The molecular formula is C12H11BrClN3O2. The molecule has 0 saturated heterocycles. The molecule has 1 heterocycles. The zero-order valence-electron chi connectivity index (χ0n) is 10.1. The lowest BCUT2D eigenvalue weighted by molar-refractivity contribution is 0.261. The largest absolute Gasteiger partial charge is 0.464 e. The van der Waals surface area contributed by atoms with Gasteiger partial charge in [0.2, 0.25) is 5.28 Å². The molecule has 0 saturated carbocycles. The van der Waals surface area contributed by atoms with E-state index >= 15 is 0 Å². The van der Waals surface area contributed by atoms with Crippen molar-refractivity contribution >= 4 is 27.5 Å². The van der Waals surface area contributed by atoms with Crippen molar-refractivity contribution in [3.63, 3.8) is 0 Å². The van der Waals surface area contributed by atoms with E-state index in [1.165, 1.54) is 0 Å². The summed E-state index contributed by atoms with van der Waals surface area (Å²) < 4.78 is 11.6. The number of halogens is 2. The maximum absolute atomic E-state index is 5.76. The third-order valence-corrected chi connectivity index (χ3v) is 2.82. The minimum atomic E-state index is 0.0456. The van der Waals surface area contributed by atoms with Crippen LogP contribution >= 0.6 is 27.5 Å². The Labute approximate surface area is 124 Å². The summed E-state index contributed by atoms with van der Waals surface area (Å²) in [4.78, 5) is 11.7. The zero-order chi connectivity index (χ0) is 13.7. The van der Waals surface area contributed by atoms with Crippen LogP contribution < -0.4 is 9.47 Å². The van der Waals surface area contributed by atoms with Crippen molar-refractivity contribution in [3.05, 3.63) is 39.6 Å². The summed E-state index contributed by atoms with van der Waals surface area (Å²) in [5, 5.41) is 0.0456. The van der Waals surface area contributed by atoms with Gasteiger partial charge in [0.25, 0.3) is 0 Å². The van der Waals surface area contributed by atoms with Crippen LogP contribution in [0.3, 0.4) is 0 Å². The van der Waals surface area contributed by atoms with Gasteiger partial charge in [-0.3, -0.25) is 0 Å². The molecular weight excluding hydrogens is 334 g/mol. The van der Waals surface area contributed by atoms with Crippen molar-refractivity contribution in [1.29, 1.82) is 0 Å². The predicted molar refractivity (Wildman–Crippen MR) is 74.5 cm³/mol. The Kier molecular flexibility index (Phi) is 4.93. The smallest absolute Gasteiger partial charge is 0.324 e. The summed E-state index contributed by atoms with van der Waals surface area (Å²) in [5.74, 6) is 0. The van der Waals surface area contributed by atoms with Crippen molar-refractivity contribution in [3.8, 4) is 12.0 Å². The average Bonchev–Trinajstić information content (AvgIpc) is 2.38. The summed E-state index contributed by atoms with van der Waals surface area (Å²) in [6, 6.07) is 8.06. The van der Waals surface area contributed by atoms with E-state index < -0.39 is 0 Å². The molecule has 2 aromatic rings. The van der Waals surface area contributed by atoms with Gasteiger partial charge in [-0.15, -0.1) is 4.98 Å². The molecule has 0 N–H and O–H groups in total. The van der Waals surface area contributed by atoms with E-state index in [0.717, 1.165) is 10.0 Å². The lowest BCUT2D eigenvalue weighted by Crippen LogP contribution is -2.04. The third-order valence-electron chi connectivity index (χ3n) is 2.12. The molecule has 0 amide bonds. The van der Waals surface area contributed by atoms with E-state index in [9.17, 15) is 0 Å². The fourth-order valence-corrected chi connectivity index (χ4v) is 1.71. The molecule has 0 radical (unpaired) electrons. The highest BCUT2D eigenvalue weighted by molar-refractivity contribution is 9.10. The molecule has 1 aromatic heterocycles. The molecule has 0 bridgehead atoms. The first-order chi connectivity index (χ1) is 9.17. The van der Waals surface area contributed by atoms with Gasteiger partial charge in [0.05, 0.1) is 6.61 Å². The number of aromatic nitrogens is 3. The van der Waals surface area contributed by atoms with Crippen LogP contribution in [-0.4, -0.2) is 21.6 Å². The Balaban J connectivity index is 2.04. The molecule has 0 unspecified atom stereocenters. The summed E-state index contributed by atoms with van der Waals surface area (Å²) in [6.45, 7) is 2.63. The average molecular weight is 345 g/mol. The quantitative estimate of drug-likeness (QED) is 0.833. The highest BCUT2D eigenvalue weighted by atomic mass is 79.9. The molecule has 0 aliphatic heterocycles. The SMILES string of the molecule is CCOc1nc(Cl)nc(OCc2ccc(Br)cc2)n1. The van der Waals surface area contributed by atoms with E-state index in [1.54, 1.807) is 0 Å². The molecule has 0 aliphatic rings. The second kappa shape index (κ2) is 6.68. The Hall–Kier alpha value is -1.40. The normalized spacial score (nSPS) is 10.3. The molecule has 0 aliphatic carbocycles. The molecule has 19 heavy (non-hydrogen) atoms. The van der Waals surface area contributed by atoms with Gasteiger partial charge in [0, 0.05) is 4.47 Å². The van der Waals surface area contributed by atoms with E-state index in [2.05, 4.69) is 30.9 Å². The van der Waals surface area contributed by atoms with Crippen LogP contribution in [0, 0.1) is 0 Å². The Morgan fingerprint density at radius 1 is 1.05 bits per heavy atom. The topological polar surface area (TPSA) is 57.1 Å². The van der Waals surface area contributed by atoms with Crippen molar-refractivity contribution in [2.75, 3.05) is 6.61 Å². The molecule has 100 valence electrons. The maximum Gasteiger partial charge on any atom is 0.324 e. The molecule has 0 atom stereocenters. The van der Waals surface area contributed by atoms with E-state index in [4.69, 9.17) is 21.1 Å². The van der Waals surface area contributed by atoms with Crippen LogP contribution in [0.1, 0.15) is 12.5 Å². The first kappa shape index (κ1) is 14.0. The van der Waals surface area contributed by atoms with Crippen LogP contribution in [0.5, 0.6) is 12.0 Å². The van der Waals surface area contributed by atoms with Crippen LogP contribution in [0.25, 0.3) is 0 Å². The Bertz CT molecular complexity index is 551. The van der Waals surface area contributed by atoms with Crippen molar-refractivity contribution in [2.45, 2.75) is 13.5 Å². The molecule has 7 heteroatoms. The number of ether oxygens (including phenoxy) is 2. The maximum atomic E-state index is 5.76. The van der Waals surface area contributed by atoms with Gasteiger partial charge in [0.1, 0.15) is 6.61 Å². The van der Waals surface area contributed by atoms with Crippen molar-refractivity contribution in [1.82, 2.24) is 15.0 Å². The van der Waals surface area contributed by atoms with Gasteiger partial charge in [-0.1, -0.05) is 28.1 Å². The fraction of sp³-hybridized carbons (Fsp3) is 0.250. The number of benzene rings is 1. The summed E-state index contributed by atoms with van der Waals surface area (Å²) in [5.41, 5.74) is 0.998. The second-order valence-electron chi connectivity index (χ2n) is 3.52. The first-order valence-electron chi connectivity index (χ1n) is 5.59. The van der Waals surface area contributed by atoms with Crippen LogP contribution in [0.15, 0.2) is 28.7 Å². The monoisotopic (exact) mass is 343 g/mol. The second-order valence-corrected chi connectivity index (χ2v) is 4.77. The van der Waals surface area contributed by atoms with Gasteiger partial charge >= 0.3 is 12.0 Å². The third kappa shape index (κ3) is 4.33. The number of hydrogen-bond donors (Lipinski definition) is 0. The van der Waals surface area contributed by atoms with Crippen molar-refractivity contribution < 1.29 is 9.47 Å². The van der Waals surface area contributed by atoms with Gasteiger partial charge in [0.15, 0.2) is 0 Å². The van der Waals surface area contributed by atoms with Gasteiger partial charge in [-0.05, 0) is 36.2 Å². The highest BCUT2D eigenvalue weighted by Gasteiger charge is 2.07. The van der Waals surface area contributed by atoms with Crippen LogP contribution in [0.2, 0.25) is 5.28 Å². The van der Waals surface area contributed by atoms with E-state index in [1.807, 2.05) is 31.2 Å². The van der Waals surface area contributed by atoms with Crippen LogP contribution in [0.4, 0.5) is 0 Å². The fourth-order valence-electron chi connectivity index (χ4n) is 1.30. The van der Waals surface area contributed by atoms with E-state index in [-0.39, 0.29) is 17.3 Å². The molecule has 5 nitrogen and oxygen atoms in total. The lowest BCUT2D eigenvalue weighted by Gasteiger charge is -2.06. The molecule has 2 rings (SSSR count). The Morgan fingerprint density at radius 3 is 2.32 bits per heavy atom. The standard InChI is InChI=1S/C12H11BrClN3O2/c1-2-18-11-15-10(14)16-12(17-11)19-7-8-3-5-9(13)6-4-8/h3-6H,2,7H2,1H3. The molecule has 0 fully saturated rings. The van der Waals surface area contributed by atoms with E-state index in [0.29, 0.717) is 13.2 Å². The predicted octanol–water partition coefficient (Wildman–Crippen LogP) is 3.27. The first-order valence-corrected chi connectivity index (χ1v) is 6.76. The highest BCUT2D eigenvalue weighted by Crippen LogP contribution is 2.15. The molecule has 0 spiro atoms. The summed E-state index contributed by atoms with van der Waals surface area (Å²) in [6.07, 6.45) is 0. The van der Waals surface area contributed by atoms with Gasteiger partial charge in [-0.2, -0.15) is 9.97 Å². The number of rotatable bonds is 5. The molecule has 1 aromatic carbocycles. The summed E-state index contributed by atoms with van der Waals surface area (Å²) >= 11 is 9.13.